The molecule has 5 nitrogen and oxygen atoms in total. The summed E-state index contributed by atoms with van der Waals surface area (Å²) in [5.41, 5.74) is 3.89. The topological polar surface area (TPSA) is 58.2 Å². The van der Waals surface area contributed by atoms with Gasteiger partial charge in [-0.2, -0.15) is 0 Å². The molecule has 0 saturated carbocycles. The van der Waals surface area contributed by atoms with Crippen LogP contribution >= 0.6 is 0 Å². The Hall–Kier alpha value is -2.82. The molecule has 0 bridgehead atoms. The molecule has 4 rings (SSSR count). The third-order valence-electron chi connectivity index (χ3n) is 4.63. The predicted octanol–water partition coefficient (Wildman–Crippen LogP) is 4.22. The molecular weight excluding hydrogens is 316 g/mol. The summed E-state index contributed by atoms with van der Waals surface area (Å²) in [5, 5.41) is 0. The van der Waals surface area contributed by atoms with E-state index in [4.69, 9.17) is 4.74 Å². The zero-order chi connectivity index (χ0) is 17.2. The van der Waals surface area contributed by atoms with Crippen LogP contribution in [-0.4, -0.2) is 22.5 Å². The Balaban J connectivity index is 1.63. The van der Waals surface area contributed by atoms with Gasteiger partial charge in [0.15, 0.2) is 0 Å². The molecule has 1 N–H and O–H groups in total. The molecule has 128 valence electrons. The molecule has 2 aromatic carbocycles. The van der Waals surface area contributed by atoms with Gasteiger partial charge in [0.05, 0.1) is 30.0 Å². The van der Waals surface area contributed by atoms with Gasteiger partial charge in [0, 0.05) is 12.1 Å². The van der Waals surface area contributed by atoms with Gasteiger partial charge in [0.2, 0.25) is 5.91 Å². The van der Waals surface area contributed by atoms with Crippen molar-refractivity contribution in [2.24, 2.45) is 0 Å². The number of fused-ring (bicyclic) bond motifs is 1. The van der Waals surface area contributed by atoms with Crippen LogP contribution in [0.15, 0.2) is 48.8 Å². The number of aromatic nitrogens is 2. The number of rotatable bonds is 5. The minimum atomic E-state index is 0.0594. The van der Waals surface area contributed by atoms with Crippen LogP contribution in [0.1, 0.15) is 37.8 Å². The first-order valence-electron chi connectivity index (χ1n) is 8.74. The van der Waals surface area contributed by atoms with E-state index in [1.54, 1.807) is 6.33 Å². The van der Waals surface area contributed by atoms with Gasteiger partial charge >= 0.3 is 0 Å². The van der Waals surface area contributed by atoms with Crippen molar-refractivity contribution in [2.75, 3.05) is 11.5 Å². The number of benzene rings is 2. The van der Waals surface area contributed by atoms with Crippen LogP contribution in [0.3, 0.4) is 0 Å². The van der Waals surface area contributed by atoms with Crippen LogP contribution in [0.2, 0.25) is 0 Å². The number of ether oxygens (including phenoxy) is 1. The van der Waals surface area contributed by atoms with Crippen molar-refractivity contribution in [1.29, 1.82) is 0 Å². The average molecular weight is 337 g/mol. The normalized spacial score (nSPS) is 17.4. The molecule has 0 spiro atoms. The van der Waals surface area contributed by atoms with E-state index in [9.17, 15) is 4.79 Å². The molecular formula is C20H21N3O2. The van der Waals surface area contributed by atoms with Crippen molar-refractivity contribution in [2.45, 2.75) is 32.2 Å². The van der Waals surface area contributed by atoms with E-state index in [0.717, 1.165) is 47.5 Å². The molecule has 1 atom stereocenters. The molecule has 1 aliphatic rings. The maximum Gasteiger partial charge on any atom is 0.227 e. The van der Waals surface area contributed by atoms with Crippen molar-refractivity contribution < 1.29 is 9.53 Å². The van der Waals surface area contributed by atoms with Crippen LogP contribution in [0, 0.1) is 0 Å². The van der Waals surface area contributed by atoms with E-state index < -0.39 is 0 Å². The molecule has 0 aliphatic carbocycles. The summed E-state index contributed by atoms with van der Waals surface area (Å²) >= 11 is 0. The summed E-state index contributed by atoms with van der Waals surface area (Å²) in [6.45, 7) is 2.81. The zero-order valence-electron chi connectivity index (χ0n) is 14.2. The van der Waals surface area contributed by atoms with Crippen molar-refractivity contribution in [1.82, 2.24) is 9.97 Å². The van der Waals surface area contributed by atoms with E-state index >= 15 is 0 Å². The minimum absolute atomic E-state index is 0.0594. The number of carbonyl (C=O) groups is 1. The van der Waals surface area contributed by atoms with E-state index in [0.29, 0.717) is 6.42 Å². The van der Waals surface area contributed by atoms with Crippen LogP contribution in [0.4, 0.5) is 5.69 Å². The van der Waals surface area contributed by atoms with E-state index in [1.807, 2.05) is 35.2 Å². The number of nitrogens with one attached hydrogen (secondary N) is 1. The minimum Gasteiger partial charge on any atom is -0.494 e. The Bertz CT molecular complexity index is 885. The largest absolute Gasteiger partial charge is 0.494 e. The lowest BCUT2D eigenvalue weighted by Crippen LogP contribution is -2.27. The van der Waals surface area contributed by atoms with Gasteiger partial charge < -0.3 is 14.6 Å². The number of nitrogens with zero attached hydrogens (tertiary/aromatic N) is 2. The summed E-state index contributed by atoms with van der Waals surface area (Å²) in [6.07, 6.45) is 4.05. The predicted molar refractivity (Wildman–Crippen MR) is 97.8 cm³/mol. The van der Waals surface area contributed by atoms with Crippen molar-refractivity contribution in [3.63, 3.8) is 0 Å². The molecule has 2 heterocycles. The van der Waals surface area contributed by atoms with Crippen LogP contribution in [-0.2, 0) is 4.79 Å². The lowest BCUT2D eigenvalue weighted by molar-refractivity contribution is -0.117. The number of imidazole rings is 1. The fraction of sp³-hybridized carbons (Fsp3) is 0.300. The molecule has 1 saturated heterocycles. The number of anilines is 1. The monoisotopic (exact) mass is 337 g/mol. The van der Waals surface area contributed by atoms with Gasteiger partial charge in [-0.05, 0) is 48.7 Å². The number of aromatic amines is 1. The first kappa shape index (κ1) is 15.7. The zero-order valence-corrected chi connectivity index (χ0v) is 14.2. The van der Waals surface area contributed by atoms with E-state index in [2.05, 4.69) is 29.0 Å². The fourth-order valence-electron chi connectivity index (χ4n) is 3.40. The Labute approximate surface area is 146 Å². The highest BCUT2D eigenvalue weighted by Crippen LogP contribution is 2.38. The third kappa shape index (κ3) is 2.97. The Morgan fingerprint density at radius 1 is 1.28 bits per heavy atom. The van der Waals surface area contributed by atoms with Gasteiger partial charge in [-0.1, -0.05) is 19.1 Å². The summed E-state index contributed by atoms with van der Waals surface area (Å²) in [7, 11) is 0. The number of carbonyl (C=O) groups excluding carboxylic acids is 1. The number of amides is 1. The highest BCUT2D eigenvalue weighted by Gasteiger charge is 2.33. The van der Waals surface area contributed by atoms with Gasteiger partial charge in [-0.15, -0.1) is 0 Å². The molecule has 0 radical (unpaired) electrons. The SMILES string of the molecule is CCCOc1ccc([C@H]2CCC(=O)N2c2ccc3[nH][14cH]nc3c2)cc1. The second-order valence-electron chi connectivity index (χ2n) is 6.34. The number of hydrogen-bond donors (Lipinski definition) is 1. The molecule has 1 amide bonds. The summed E-state index contributed by atoms with van der Waals surface area (Å²) in [5.74, 6) is 1.03. The maximum absolute atomic E-state index is 12.5. The molecule has 0 unspecified atom stereocenters. The van der Waals surface area contributed by atoms with Gasteiger partial charge in [0.1, 0.15) is 5.75 Å². The van der Waals surface area contributed by atoms with Crippen LogP contribution in [0.25, 0.3) is 11.0 Å². The Kier molecular flexibility index (Phi) is 4.14. The molecule has 1 aliphatic heterocycles. The van der Waals surface area contributed by atoms with Gasteiger partial charge in [-0.25, -0.2) is 4.98 Å². The highest BCUT2D eigenvalue weighted by molar-refractivity contribution is 5.98. The highest BCUT2D eigenvalue weighted by atomic mass is 16.5. The fourth-order valence-corrected chi connectivity index (χ4v) is 3.40. The average Bonchev–Trinajstić information content (AvgIpc) is 3.26. The number of H-pyrrole nitrogens is 1. The quantitative estimate of drug-likeness (QED) is 0.758. The van der Waals surface area contributed by atoms with Crippen molar-refractivity contribution >= 4 is 22.6 Å². The van der Waals surface area contributed by atoms with Gasteiger partial charge in [-0.3, -0.25) is 4.79 Å². The van der Waals surface area contributed by atoms with Crippen LogP contribution < -0.4 is 9.64 Å². The molecule has 3 aromatic rings. The molecule has 1 fully saturated rings. The second-order valence-corrected chi connectivity index (χ2v) is 6.34. The smallest absolute Gasteiger partial charge is 0.227 e. The Morgan fingerprint density at radius 3 is 2.92 bits per heavy atom. The summed E-state index contributed by atoms with van der Waals surface area (Å²) < 4.78 is 5.65. The first-order chi connectivity index (χ1) is 12.3. The second kappa shape index (κ2) is 6.59. The molecule has 25 heavy (non-hydrogen) atoms. The lowest BCUT2D eigenvalue weighted by atomic mass is 10.0. The summed E-state index contributed by atoms with van der Waals surface area (Å²) in [6, 6.07) is 14.1. The maximum atomic E-state index is 12.5. The van der Waals surface area contributed by atoms with Crippen molar-refractivity contribution in [3.8, 4) is 5.75 Å². The first-order valence-corrected chi connectivity index (χ1v) is 8.74. The van der Waals surface area contributed by atoms with E-state index in [-0.39, 0.29) is 11.9 Å². The van der Waals surface area contributed by atoms with Gasteiger partial charge in [0.25, 0.3) is 0 Å². The van der Waals surface area contributed by atoms with E-state index in [1.165, 1.54) is 0 Å². The molecule has 1 aromatic heterocycles. The molecule has 5 heteroatoms. The number of hydrogen-bond acceptors (Lipinski definition) is 3. The van der Waals surface area contributed by atoms with Crippen LogP contribution in [0.5, 0.6) is 5.75 Å². The lowest BCUT2D eigenvalue weighted by Gasteiger charge is -2.25. The standard InChI is InChI=1S/C20H21N3O2/c1-2-11-25-16-6-3-14(4-7-16)19-9-10-20(24)23(19)15-5-8-17-18(12-15)22-13-21-17/h3-8,12-13,19H,2,9-11H2,1H3,(H,21,22)/t19-/m1/s1/i13+2. The Morgan fingerprint density at radius 2 is 2.12 bits per heavy atom. The van der Waals surface area contributed by atoms with Crippen molar-refractivity contribution in [3.05, 3.63) is 54.4 Å². The third-order valence-corrected chi connectivity index (χ3v) is 4.63. The summed E-state index contributed by atoms with van der Waals surface area (Å²) in [4.78, 5) is 21.8.